The van der Waals surface area contributed by atoms with E-state index in [0.29, 0.717) is 35.9 Å². The number of allylic oxidation sites excluding steroid dienone is 2. The quantitative estimate of drug-likeness (QED) is 0.169. The monoisotopic (exact) mass is 354 g/mol. The van der Waals surface area contributed by atoms with Crippen molar-refractivity contribution in [2.24, 2.45) is 0 Å². The number of nitrogens with zero attached hydrogens (tertiary/aromatic N) is 2. The molecule has 0 amide bonds. The Morgan fingerprint density at radius 1 is 1.42 bits per heavy atom. The van der Waals surface area contributed by atoms with Crippen LogP contribution in [0.3, 0.4) is 0 Å². The number of rotatable bonds is 9. The fraction of sp³-hybridized carbons (Fsp3) is 0.375. The molecule has 24 heavy (non-hydrogen) atoms. The molecule has 0 unspecified atom stereocenters. The molecule has 0 radical (unpaired) electrons. The van der Waals surface area contributed by atoms with E-state index in [1.807, 2.05) is 0 Å². The third-order valence-corrected chi connectivity index (χ3v) is 3.35. The van der Waals surface area contributed by atoms with Gasteiger partial charge in [0.25, 0.3) is 5.69 Å². The first kappa shape index (κ1) is 19.5. The predicted molar refractivity (Wildman–Crippen MR) is 92.4 cm³/mol. The Balaban J connectivity index is 3.48. The van der Waals surface area contributed by atoms with Crippen LogP contribution in [0.25, 0.3) is 5.70 Å². The number of methoxy groups -OCH3 is 1. The maximum Gasteiger partial charge on any atom is 0.282 e. The summed E-state index contributed by atoms with van der Waals surface area (Å²) >= 11 is 5.61. The van der Waals surface area contributed by atoms with Gasteiger partial charge in [0.05, 0.1) is 36.0 Å². The van der Waals surface area contributed by atoms with E-state index < -0.39 is 4.92 Å². The molecule has 1 aromatic carbocycles. The first-order valence-corrected chi connectivity index (χ1v) is 7.63. The number of ether oxygens (including phenoxy) is 2. The van der Waals surface area contributed by atoms with Gasteiger partial charge in [-0.05, 0) is 12.5 Å². The zero-order chi connectivity index (χ0) is 18.1. The third-order valence-electron chi connectivity index (χ3n) is 3.08. The minimum Gasteiger partial charge on any atom is -0.493 e. The number of carbonyl (C=O) groups excluding carboxylic acids is 1. The number of benzene rings is 1. The van der Waals surface area contributed by atoms with E-state index in [-0.39, 0.29) is 11.4 Å². The van der Waals surface area contributed by atoms with Gasteiger partial charge in [-0.1, -0.05) is 0 Å². The highest BCUT2D eigenvalue weighted by Gasteiger charge is 2.23. The smallest absolute Gasteiger partial charge is 0.282 e. The van der Waals surface area contributed by atoms with E-state index in [1.165, 1.54) is 25.3 Å². The average molecular weight is 355 g/mol. The normalized spacial score (nSPS) is 10.8. The lowest BCUT2D eigenvalue weighted by Crippen LogP contribution is -2.12. The van der Waals surface area contributed by atoms with E-state index in [2.05, 4.69) is 0 Å². The molecule has 0 aliphatic heterocycles. The Morgan fingerprint density at radius 3 is 2.62 bits per heavy atom. The van der Waals surface area contributed by atoms with Gasteiger partial charge in [0, 0.05) is 32.1 Å². The van der Waals surface area contributed by atoms with Crippen molar-refractivity contribution in [3.63, 3.8) is 0 Å². The largest absolute Gasteiger partial charge is 0.493 e. The molecule has 1 aromatic rings. The Morgan fingerprint density at radius 2 is 2.12 bits per heavy atom. The highest BCUT2D eigenvalue weighted by atomic mass is 35.5. The molecule has 0 aliphatic carbocycles. The number of alkyl halides is 1. The first-order chi connectivity index (χ1) is 11.5. The van der Waals surface area contributed by atoms with Crippen molar-refractivity contribution >= 4 is 28.9 Å². The summed E-state index contributed by atoms with van der Waals surface area (Å²) in [5, 5.41) is 11.5. The summed E-state index contributed by atoms with van der Waals surface area (Å²) in [6.07, 6.45) is 3.20. The van der Waals surface area contributed by atoms with Gasteiger partial charge < -0.3 is 14.4 Å². The molecular weight excluding hydrogens is 336 g/mol. The first-order valence-electron chi connectivity index (χ1n) is 7.10. The number of halogens is 1. The molecule has 0 aliphatic rings. The van der Waals surface area contributed by atoms with Crippen LogP contribution in [-0.4, -0.2) is 49.5 Å². The summed E-state index contributed by atoms with van der Waals surface area (Å²) in [6, 6.07) is 2.82. The fourth-order valence-corrected chi connectivity index (χ4v) is 2.12. The van der Waals surface area contributed by atoms with E-state index in [0.717, 1.165) is 6.08 Å². The van der Waals surface area contributed by atoms with Crippen LogP contribution in [0.15, 0.2) is 24.3 Å². The van der Waals surface area contributed by atoms with Gasteiger partial charge in [-0.2, -0.15) is 0 Å². The summed E-state index contributed by atoms with van der Waals surface area (Å²) < 4.78 is 10.8. The van der Waals surface area contributed by atoms with Crippen LogP contribution in [0.1, 0.15) is 12.0 Å². The van der Waals surface area contributed by atoms with Crippen molar-refractivity contribution in [2.45, 2.75) is 6.42 Å². The van der Waals surface area contributed by atoms with Gasteiger partial charge in [0.2, 0.25) is 0 Å². The van der Waals surface area contributed by atoms with Crippen LogP contribution in [-0.2, 0) is 4.79 Å². The summed E-state index contributed by atoms with van der Waals surface area (Å²) in [4.78, 5) is 23.1. The van der Waals surface area contributed by atoms with Crippen LogP contribution >= 0.6 is 11.6 Å². The summed E-state index contributed by atoms with van der Waals surface area (Å²) in [7, 11) is 4.88. The van der Waals surface area contributed by atoms with Gasteiger partial charge in [0.1, 0.15) is 5.94 Å². The van der Waals surface area contributed by atoms with E-state index in [9.17, 15) is 14.9 Å². The highest BCUT2D eigenvalue weighted by Crippen LogP contribution is 2.38. The number of nitro benzene ring substituents is 1. The molecule has 0 saturated heterocycles. The van der Waals surface area contributed by atoms with E-state index in [1.54, 1.807) is 24.9 Å². The van der Waals surface area contributed by atoms with Gasteiger partial charge in [-0.25, -0.2) is 4.79 Å². The third kappa shape index (κ3) is 5.01. The molecule has 0 N–H and O–H groups in total. The number of nitro groups is 1. The Hall–Kier alpha value is -2.50. The van der Waals surface area contributed by atoms with Crippen molar-refractivity contribution < 1.29 is 19.2 Å². The van der Waals surface area contributed by atoms with Crippen LogP contribution in [0.4, 0.5) is 5.69 Å². The second-order valence-corrected chi connectivity index (χ2v) is 5.28. The maximum atomic E-state index is 11.5. The molecule has 0 aromatic heterocycles. The fourth-order valence-electron chi connectivity index (χ4n) is 2.01. The summed E-state index contributed by atoms with van der Waals surface area (Å²) in [5.74, 6) is 2.67. The Labute approximate surface area is 145 Å². The molecule has 0 atom stereocenters. The van der Waals surface area contributed by atoms with Crippen molar-refractivity contribution in [3.8, 4) is 11.5 Å². The zero-order valence-corrected chi connectivity index (χ0v) is 14.5. The maximum absolute atomic E-state index is 11.5. The molecule has 0 spiro atoms. The Kier molecular flexibility index (Phi) is 7.82. The number of hydrogen-bond donors (Lipinski definition) is 0. The highest BCUT2D eigenvalue weighted by molar-refractivity contribution is 6.17. The molecule has 1 rings (SSSR count). The van der Waals surface area contributed by atoms with Crippen LogP contribution < -0.4 is 9.47 Å². The minimum atomic E-state index is -0.509. The molecule has 0 fully saturated rings. The lowest BCUT2D eigenvalue weighted by atomic mass is 10.1. The molecule has 0 saturated carbocycles. The van der Waals surface area contributed by atoms with Crippen LogP contribution in [0, 0.1) is 10.1 Å². The summed E-state index contributed by atoms with van der Waals surface area (Å²) in [5.41, 5.74) is 0.615. The molecule has 0 heterocycles. The van der Waals surface area contributed by atoms with E-state index in [4.69, 9.17) is 21.1 Å². The average Bonchev–Trinajstić information content (AvgIpc) is 2.55. The second-order valence-electron chi connectivity index (χ2n) is 4.90. The topological polar surface area (TPSA) is 81.9 Å². The molecule has 7 nitrogen and oxygen atoms in total. The Bertz CT molecular complexity index is 667. The van der Waals surface area contributed by atoms with Crippen molar-refractivity contribution in [1.82, 2.24) is 4.90 Å². The molecular formula is C16H19ClN2O5. The van der Waals surface area contributed by atoms with Crippen molar-refractivity contribution in [3.05, 3.63) is 40.0 Å². The molecule has 0 bridgehead atoms. The number of hydrogen-bond acceptors (Lipinski definition) is 6. The van der Waals surface area contributed by atoms with Crippen LogP contribution in [0.5, 0.6) is 11.5 Å². The van der Waals surface area contributed by atoms with Crippen molar-refractivity contribution in [2.75, 3.05) is 33.7 Å². The van der Waals surface area contributed by atoms with Gasteiger partial charge >= 0.3 is 0 Å². The SMILES string of the molecule is COc1cc(/C(=C/C=C=O)N(C)C)c([N+](=O)[O-])cc1OCCCCl. The zero-order valence-electron chi connectivity index (χ0n) is 13.7. The second kappa shape index (κ2) is 9.60. The minimum absolute atomic E-state index is 0.157. The standard InChI is InChI=1S/C16H19ClN2O5/c1-18(2)13(6-4-8-20)12-10-15(23-3)16(24-9-5-7-17)11-14(12)19(21)22/h4,6,10-11H,5,7,9H2,1-3H3/b13-6-. The molecule has 8 heteroatoms. The van der Waals surface area contributed by atoms with E-state index >= 15 is 0 Å². The van der Waals surface area contributed by atoms with Crippen LogP contribution in [0.2, 0.25) is 0 Å². The lowest BCUT2D eigenvalue weighted by molar-refractivity contribution is -0.385. The molecule has 130 valence electrons. The van der Waals surface area contributed by atoms with Gasteiger partial charge in [0.15, 0.2) is 11.5 Å². The van der Waals surface area contributed by atoms with Gasteiger partial charge in [-0.15, -0.1) is 11.6 Å². The van der Waals surface area contributed by atoms with Gasteiger partial charge in [-0.3, -0.25) is 10.1 Å². The lowest BCUT2D eigenvalue weighted by Gasteiger charge is -2.19. The summed E-state index contributed by atoms with van der Waals surface area (Å²) in [6.45, 7) is 0.320. The predicted octanol–water partition coefficient (Wildman–Crippen LogP) is 2.90. The van der Waals surface area contributed by atoms with Crippen molar-refractivity contribution in [1.29, 1.82) is 0 Å².